The van der Waals surface area contributed by atoms with Gasteiger partial charge in [-0.2, -0.15) is 0 Å². The second-order valence-corrected chi connectivity index (χ2v) is 8.67. The van der Waals surface area contributed by atoms with Gasteiger partial charge in [0.05, 0.1) is 0 Å². The molecule has 3 nitrogen and oxygen atoms in total. The van der Waals surface area contributed by atoms with Crippen LogP contribution < -0.4 is 4.90 Å². The molecule has 2 aliphatic rings. The number of rotatable bonds is 4. The van der Waals surface area contributed by atoms with E-state index < -0.39 is 0 Å². The molecule has 0 atom stereocenters. The van der Waals surface area contributed by atoms with E-state index in [1.54, 1.807) is 6.92 Å². The summed E-state index contributed by atoms with van der Waals surface area (Å²) in [7, 11) is 0. The monoisotopic (exact) mass is 354 g/mol. The van der Waals surface area contributed by atoms with Crippen molar-refractivity contribution in [3.8, 4) is 0 Å². The number of anilines is 1. The van der Waals surface area contributed by atoms with E-state index in [0.717, 1.165) is 4.44 Å². The van der Waals surface area contributed by atoms with Crippen molar-refractivity contribution in [1.29, 1.82) is 0 Å². The normalized spacial score (nSPS) is 21.4. The standard InChI is InChI=1S/C17H26N2OSe/c1-13(20)16-12-18-17(21-16)19(14-8-4-2-5-9-14)15-10-6-3-7-11-15/h12,14-15H,2-11H2,1H3. The van der Waals surface area contributed by atoms with Gasteiger partial charge >= 0.3 is 134 Å². The Hall–Kier alpha value is -0.601. The summed E-state index contributed by atoms with van der Waals surface area (Å²) in [5, 5.41) is 0. The van der Waals surface area contributed by atoms with Crippen LogP contribution in [0.2, 0.25) is 0 Å². The second kappa shape index (κ2) is 7.11. The zero-order valence-electron chi connectivity index (χ0n) is 13.0. The molecule has 0 bridgehead atoms. The Morgan fingerprint density at radius 3 is 2.00 bits per heavy atom. The van der Waals surface area contributed by atoms with E-state index in [0.29, 0.717) is 12.1 Å². The summed E-state index contributed by atoms with van der Waals surface area (Å²) in [4.78, 5) is 19.0. The molecule has 3 rings (SSSR count). The number of nitrogens with zero attached hydrogens (tertiary/aromatic N) is 2. The van der Waals surface area contributed by atoms with Crippen LogP contribution in [0.5, 0.6) is 0 Å². The van der Waals surface area contributed by atoms with Crippen LogP contribution >= 0.6 is 0 Å². The number of hydrogen-bond acceptors (Lipinski definition) is 3. The summed E-state index contributed by atoms with van der Waals surface area (Å²) in [5.74, 6) is 0.209. The molecule has 0 N–H and O–H groups in total. The predicted molar refractivity (Wildman–Crippen MR) is 87.4 cm³/mol. The Morgan fingerprint density at radius 1 is 1.05 bits per heavy atom. The first-order valence-electron chi connectivity index (χ1n) is 8.51. The fourth-order valence-electron chi connectivity index (χ4n) is 3.88. The van der Waals surface area contributed by atoms with Gasteiger partial charge in [0.15, 0.2) is 0 Å². The Morgan fingerprint density at radius 2 is 1.57 bits per heavy atom. The molecular formula is C17H26N2OSe. The Balaban J connectivity index is 1.84. The summed E-state index contributed by atoms with van der Waals surface area (Å²) in [5.41, 5.74) is 0. The van der Waals surface area contributed by atoms with Gasteiger partial charge in [0.2, 0.25) is 0 Å². The zero-order valence-corrected chi connectivity index (χ0v) is 14.7. The van der Waals surface area contributed by atoms with Crippen LogP contribution in [-0.2, 0) is 0 Å². The van der Waals surface area contributed by atoms with Crippen LogP contribution in [0.3, 0.4) is 0 Å². The van der Waals surface area contributed by atoms with Crippen molar-refractivity contribution in [3.05, 3.63) is 10.6 Å². The number of hydrogen-bond donors (Lipinski definition) is 0. The minimum atomic E-state index is 0.140. The van der Waals surface area contributed by atoms with E-state index in [4.69, 9.17) is 0 Å². The molecule has 4 heteroatoms. The van der Waals surface area contributed by atoms with Gasteiger partial charge < -0.3 is 0 Å². The molecule has 0 spiro atoms. The third kappa shape index (κ3) is 3.60. The first-order valence-corrected chi connectivity index (χ1v) is 10.2. The molecule has 0 saturated heterocycles. The Bertz CT molecular complexity index is 455. The van der Waals surface area contributed by atoms with Crippen molar-refractivity contribution < 1.29 is 4.79 Å². The van der Waals surface area contributed by atoms with Gasteiger partial charge in [0, 0.05) is 0 Å². The summed E-state index contributed by atoms with van der Waals surface area (Å²) in [6, 6.07) is 1.37. The second-order valence-electron chi connectivity index (χ2n) is 6.55. The molecule has 0 radical (unpaired) electrons. The molecule has 2 saturated carbocycles. The first kappa shape index (κ1) is 15.3. The Kier molecular flexibility index (Phi) is 5.18. The van der Waals surface area contributed by atoms with Crippen molar-refractivity contribution in [2.75, 3.05) is 4.90 Å². The Labute approximate surface area is 133 Å². The molecule has 2 fully saturated rings. The van der Waals surface area contributed by atoms with Crippen LogP contribution in [0.1, 0.15) is 80.4 Å². The molecule has 0 aromatic carbocycles. The molecular weight excluding hydrogens is 327 g/mol. The molecule has 1 heterocycles. The number of Topliss-reactive ketones (excluding diaryl/α,β-unsaturated/α-hetero) is 1. The maximum absolute atomic E-state index is 11.6. The first-order chi connectivity index (χ1) is 10.3. The van der Waals surface area contributed by atoms with Crippen LogP contribution in [0.4, 0.5) is 4.69 Å². The molecule has 1 aromatic rings. The number of carbonyl (C=O) groups excluding carboxylic acids is 1. The predicted octanol–water partition coefficient (Wildman–Crippen LogP) is 3.81. The quantitative estimate of drug-likeness (QED) is 0.610. The molecule has 0 unspecified atom stereocenters. The number of aromatic nitrogens is 1. The summed E-state index contributed by atoms with van der Waals surface area (Å²) >= 11 is 0.140. The number of ketones is 1. The maximum atomic E-state index is 11.6. The van der Waals surface area contributed by atoms with Crippen molar-refractivity contribution in [3.63, 3.8) is 0 Å². The van der Waals surface area contributed by atoms with E-state index in [9.17, 15) is 4.79 Å². The van der Waals surface area contributed by atoms with Crippen molar-refractivity contribution in [1.82, 2.24) is 4.98 Å². The van der Waals surface area contributed by atoms with Gasteiger partial charge in [-0.3, -0.25) is 0 Å². The molecule has 1 aromatic heterocycles. The molecule has 21 heavy (non-hydrogen) atoms. The van der Waals surface area contributed by atoms with Crippen LogP contribution in [0.15, 0.2) is 6.20 Å². The molecule has 0 aliphatic heterocycles. The van der Waals surface area contributed by atoms with Crippen LogP contribution in [0.25, 0.3) is 0 Å². The summed E-state index contributed by atoms with van der Waals surface area (Å²) in [6.07, 6.45) is 15.4. The van der Waals surface area contributed by atoms with E-state index >= 15 is 0 Å². The third-order valence-corrected chi connectivity index (χ3v) is 7.33. The van der Waals surface area contributed by atoms with Crippen LogP contribution in [0, 0.1) is 0 Å². The SMILES string of the molecule is CC(=O)c1cnc(N(C2CCCCC2)C2CCCCC2)[se]1. The van der Waals surface area contributed by atoms with Gasteiger partial charge in [-0.25, -0.2) is 0 Å². The van der Waals surface area contributed by atoms with Crippen molar-refractivity contribution in [2.24, 2.45) is 0 Å². The summed E-state index contributed by atoms with van der Waals surface area (Å²) < 4.78 is 2.20. The average molecular weight is 353 g/mol. The fraction of sp³-hybridized carbons (Fsp3) is 0.765. The average Bonchev–Trinajstić information content (AvgIpc) is 3.00. The molecule has 2 aliphatic carbocycles. The van der Waals surface area contributed by atoms with Crippen molar-refractivity contribution >= 4 is 25.0 Å². The number of carbonyl (C=O) groups is 1. The molecule has 116 valence electrons. The van der Waals surface area contributed by atoms with E-state index in [2.05, 4.69) is 9.88 Å². The van der Waals surface area contributed by atoms with E-state index in [1.807, 2.05) is 6.20 Å². The van der Waals surface area contributed by atoms with Crippen molar-refractivity contribution in [2.45, 2.75) is 83.2 Å². The fourth-order valence-corrected chi connectivity index (χ4v) is 5.88. The van der Waals surface area contributed by atoms with E-state index in [1.165, 1.54) is 68.9 Å². The van der Waals surface area contributed by atoms with Gasteiger partial charge in [-0.15, -0.1) is 0 Å². The van der Waals surface area contributed by atoms with Gasteiger partial charge in [-0.1, -0.05) is 0 Å². The molecule has 0 amide bonds. The summed E-state index contributed by atoms with van der Waals surface area (Å²) in [6.45, 7) is 1.68. The minimum absolute atomic E-state index is 0.140. The van der Waals surface area contributed by atoms with Gasteiger partial charge in [0.25, 0.3) is 0 Å². The topological polar surface area (TPSA) is 33.2 Å². The van der Waals surface area contributed by atoms with E-state index in [-0.39, 0.29) is 20.3 Å². The zero-order chi connectivity index (χ0) is 14.7. The third-order valence-electron chi connectivity index (χ3n) is 5.00. The van der Waals surface area contributed by atoms with Crippen LogP contribution in [-0.4, -0.2) is 37.4 Å². The van der Waals surface area contributed by atoms with Gasteiger partial charge in [0.1, 0.15) is 0 Å². The van der Waals surface area contributed by atoms with Gasteiger partial charge in [-0.05, 0) is 0 Å².